The minimum absolute atomic E-state index is 0.261. The van der Waals surface area contributed by atoms with Crippen molar-refractivity contribution in [1.29, 1.82) is 0 Å². The van der Waals surface area contributed by atoms with E-state index in [1.54, 1.807) is 13.2 Å². The molecule has 0 fully saturated rings. The molecular weight excluding hydrogens is 337 g/mol. The molecule has 0 aliphatic carbocycles. The lowest BCUT2D eigenvalue weighted by atomic mass is 10.2. The topological polar surface area (TPSA) is 30.5 Å². The maximum atomic E-state index is 13.3. The Kier molecular flexibility index (Phi) is 5.44. The second-order valence-corrected chi connectivity index (χ2v) is 5.36. The van der Waals surface area contributed by atoms with E-state index in [9.17, 15) is 4.39 Å². The molecule has 0 atom stereocenters. The fourth-order valence-corrected chi connectivity index (χ4v) is 2.26. The predicted octanol–water partition coefficient (Wildman–Crippen LogP) is 4.40. The van der Waals surface area contributed by atoms with Gasteiger partial charge in [0.15, 0.2) is 11.5 Å². The van der Waals surface area contributed by atoms with E-state index in [4.69, 9.17) is 9.47 Å². The zero-order valence-corrected chi connectivity index (χ0v) is 13.5. The fourth-order valence-electron chi connectivity index (χ4n) is 1.92. The lowest BCUT2D eigenvalue weighted by molar-refractivity contribution is 0.306. The Morgan fingerprint density at radius 1 is 1.19 bits per heavy atom. The summed E-state index contributed by atoms with van der Waals surface area (Å²) in [6.07, 6.45) is 0. The molecule has 0 radical (unpaired) electrons. The zero-order chi connectivity index (χ0) is 15.2. The maximum Gasteiger partial charge on any atom is 0.161 e. The molecule has 0 spiro atoms. The van der Waals surface area contributed by atoms with Gasteiger partial charge in [0, 0.05) is 12.2 Å². The summed E-state index contributed by atoms with van der Waals surface area (Å²) in [5, 5.41) is 3.23. The third kappa shape index (κ3) is 4.11. The quantitative estimate of drug-likeness (QED) is 0.781. The Hall–Kier alpha value is -1.75. The summed E-state index contributed by atoms with van der Waals surface area (Å²) in [6, 6.07) is 10.7. The minimum Gasteiger partial charge on any atom is -0.493 e. The first kappa shape index (κ1) is 15.6. The molecule has 0 aromatic heterocycles. The first-order chi connectivity index (χ1) is 10.1. The molecule has 2 aromatic carbocycles. The lowest BCUT2D eigenvalue weighted by Gasteiger charge is -2.13. The number of anilines is 1. The summed E-state index contributed by atoms with van der Waals surface area (Å²) in [7, 11) is 1.61. The van der Waals surface area contributed by atoms with E-state index in [1.807, 2.05) is 31.2 Å². The molecule has 0 saturated carbocycles. The van der Waals surface area contributed by atoms with Crippen LogP contribution >= 0.6 is 15.9 Å². The molecule has 0 aliphatic heterocycles. The first-order valence-corrected chi connectivity index (χ1v) is 7.36. The highest BCUT2D eigenvalue weighted by Crippen LogP contribution is 2.26. The van der Waals surface area contributed by atoms with Crippen LogP contribution in [-0.4, -0.2) is 20.3 Å². The van der Waals surface area contributed by atoms with Gasteiger partial charge in [-0.3, -0.25) is 0 Å². The van der Waals surface area contributed by atoms with Gasteiger partial charge in [-0.2, -0.15) is 0 Å². The second kappa shape index (κ2) is 7.31. The SMILES string of the molecule is COc1ccccc1OCCNc1cc(Br)c(F)cc1C. The van der Waals surface area contributed by atoms with Crippen LogP contribution in [0.5, 0.6) is 11.5 Å². The molecule has 0 saturated heterocycles. The van der Waals surface area contributed by atoms with Gasteiger partial charge in [0.1, 0.15) is 12.4 Å². The molecule has 112 valence electrons. The van der Waals surface area contributed by atoms with Gasteiger partial charge in [-0.25, -0.2) is 4.39 Å². The smallest absolute Gasteiger partial charge is 0.161 e. The van der Waals surface area contributed by atoms with E-state index in [2.05, 4.69) is 21.2 Å². The molecule has 1 N–H and O–H groups in total. The van der Waals surface area contributed by atoms with E-state index in [0.29, 0.717) is 29.1 Å². The fraction of sp³-hybridized carbons (Fsp3) is 0.250. The Morgan fingerprint density at radius 3 is 2.62 bits per heavy atom. The molecule has 2 aromatic rings. The summed E-state index contributed by atoms with van der Waals surface area (Å²) in [4.78, 5) is 0. The molecular formula is C16H17BrFNO2. The number of aryl methyl sites for hydroxylation is 1. The first-order valence-electron chi connectivity index (χ1n) is 6.57. The number of para-hydroxylation sites is 2. The van der Waals surface area contributed by atoms with Gasteiger partial charge >= 0.3 is 0 Å². The van der Waals surface area contributed by atoms with Crippen LogP contribution in [0, 0.1) is 12.7 Å². The third-order valence-corrected chi connectivity index (χ3v) is 3.62. The molecule has 0 heterocycles. The molecule has 0 aliphatic rings. The van der Waals surface area contributed by atoms with Gasteiger partial charge in [0.05, 0.1) is 11.6 Å². The molecule has 0 unspecified atom stereocenters. The predicted molar refractivity (Wildman–Crippen MR) is 85.8 cm³/mol. The number of rotatable bonds is 6. The number of ether oxygens (including phenoxy) is 2. The number of hydrogen-bond donors (Lipinski definition) is 1. The molecule has 3 nitrogen and oxygen atoms in total. The van der Waals surface area contributed by atoms with E-state index < -0.39 is 0 Å². The monoisotopic (exact) mass is 353 g/mol. The van der Waals surface area contributed by atoms with E-state index in [-0.39, 0.29) is 5.82 Å². The summed E-state index contributed by atoms with van der Waals surface area (Å²) in [5.41, 5.74) is 1.74. The van der Waals surface area contributed by atoms with Crippen molar-refractivity contribution in [3.63, 3.8) is 0 Å². The van der Waals surface area contributed by atoms with Crippen molar-refractivity contribution in [3.05, 3.63) is 52.3 Å². The average molecular weight is 354 g/mol. The van der Waals surface area contributed by atoms with Gasteiger partial charge in [0.2, 0.25) is 0 Å². The average Bonchev–Trinajstić information content (AvgIpc) is 2.49. The summed E-state index contributed by atoms with van der Waals surface area (Å²) in [5.74, 6) is 1.15. The lowest BCUT2D eigenvalue weighted by Crippen LogP contribution is -2.12. The van der Waals surface area contributed by atoms with Crippen molar-refractivity contribution in [1.82, 2.24) is 0 Å². The molecule has 0 amide bonds. The Bertz CT molecular complexity index is 619. The normalized spacial score (nSPS) is 10.3. The van der Waals surface area contributed by atoms with Crippen LogP contribution in [0.3, 0.4) is 0 Å². The van der Waals surface area contributed by atoms with Crippen molar-refractivity contribution in [2.24, 2.45) is 0 Å². The number of halogens is 2. The highest BCUT2D eigenvalue weighted by atomic mass is 79.9. The molecule has 0 bridgehead atoms. The summed E-state index contributed by atoms with van der Waals surface area (Å²) >= 11 is 3.18. The summed E-state index contributed by atoms with van der Waals surface area (Å²) < 4.78 is 24.7. The Labute approximate surface area is 132 Å². The standard InChI is InChI=1S/C16H17BrFNO2/c1-11-9-13(18)12(17)10-14(11)19-7-8-21-16-6-4-3-5-15(16)20-2/h3-6,9-10,19H,7-8H2,1-2H3. The number of methoxy groups -OCH3 is 1. The highest BCUT2D eigenvalue weighted by Gasteiger charge is 2.05. The minimum atomic E-state index is -0.261. The van der Waals surface area contributed by atoms with Crippen LogP contribution in [0.2, 0.25) is 0 Å². The molecule has 2 rings (SSSR count). The van der Waals surface area contributed by atoms with E-state index >= 15 is 0 Å². The second-order valence-electron chi connectivity index (χ2n) is 4.51. The van der Waals surface area contributed by atoms with Gasteiger partial charge < -0.3 is 14.8 Å². The summed E-state index contributed by atoms with van der Waals surface area (Å²) in [6.45, 7) is 2.95. The van der Waals surface area contributed by atoms with Gasteiger partial charge in [-0.15, -0.1) is 0 Å². The van der Waals surface area contributed by atoms with Crippen LogP contribution in [-0.2, 0) is 0 Å². The van der Waals surface area contributed by atoms with E-state index in [1.165, 1.54) is 6.07 Å². The largest absolute Gasteiger partial charge is 0.493 e. The zero-order valence-electron chi connectivity index (χ0n) is 12.0. The van der Waals surface area contributed by atoms with Gasteiger partial charge in [-0.1, -0.05) is 12.1 Å². The Balaban J connectivity index is 1.89. The van der Waals surface area contributed by atoms with Crippen molar-refractivity contribution in [2.45, 2.75) is 6.92 Å². The van der Waals surface area contributed by atoms with Gasteiger partial charge in [0.25, 0.3) is 0 Å². The number of nitrogens with one attached hydrogen (secondary N) is 1. The van der Waals surface area contributed by atoms with Crippen LogP contribution in [0.25, 0.3) is 0 Å². The number of benzene rings is 2. The highest BCUT2D eigenvalue weighted by molar-refractivity contribution is 9.10. The van der Waals surface area contributed by atoms with Gasteiger partial charge in [-0.05, 0) is 52.7 Å². The van der Waals surface area contributed by atoms with Crippen molar-refractivity contribution in [3.8, 4) is 11.5 Å². The Morgan fingerprint density at radius 2 is 1.90 bits per heavy atom. The molecule has 21 heavy (non-hydrogen) atoms. The van der Waals surface area contributed by atoms with E-state index in [0.717, 1.165) is 11.3 Å². The van der Waals surface area contributed by atoms with Crippen molar-refractivity contribution in [2.75, 3.05) is 25.6 Å². The van der Waals surface area contributed by atoms with Crippen LogP contribution in [0.4, 0.5) is 10.1 Å². The molecule has 5 heteroatoms. The van der Waals surface area contributed by atoms with Crippen molar-refractivity contribution >= 4 is 21.6 Å². The van der Waals surface area contributed by atoms with Crippen LogP contribution in [0.1, 0.15) is 5.56 Å². The number of hydrogen-bond acceptors (Lipinski definition) is 3. The third-order valence-electron chi connectivity index (χ3n) is 3.01. The van der Waals surface area contributed by atoms with Crippen LogP contribution < -0.4 is 14.8 Å². The maximum absolute atomic E-state index is 13.3. The van der Waals surface area contributed by atoms with Crippen LogP contribution in [0.15, 0.2) is 40.9 Å². The van der Waals surface area contributed by atoms with Crippen molar-refractivity contribution < 1.29 is 13.9 Å².